The van der Waals surface area contributed by atoms with Crippen LogP contribution in [0.1, 0.15) is 45.4 Å². The molecule has 1 aromatic carbocycles. The zero-order chi connectivity index (χ0) is 19.5. The van der Waals surface area contributed by atoms with Crippen LogP contribution in [-0.2, 0) is 4.79 Å². The Kier molecular flexibility index (Phi) is 5.74. The largest absolute Gasteiger partial charge is 0.487 e. The van der Waals surface area contributed by atoms with Crippen molar-refractivity contribution in [1.82, 2.24) is 9.80 Å². The van der Waals surface area contributed by atoms with Crippen molar-refractivity contribution < 1.29 is 14.3 Å². The van der Waals surface area contributed by atoms with Gasteiger partial charge in [0.15, 0.2) is 0 Å². The normalized spacial score (nSPS) is 23.6. The summed E-state index contributed by atoms with van der Waals surface area (Å²) in [6.07, 6.45) is 6.22. The summed E-state index contributed by atoms with van der Waals surface area (Å²) in [5, 5.41) is 0. The van der Waals surface area contributed by atoms with Crippen molar-refractivity contribution in [3.05, 3.63) is 24.3 Å². The van der Waals surface area contributed by atoms with Crippen LogP contribution in [0.4, 0.5) is 10.5 Å². The van der Waals surface area contributed by atoms with Crippen molar-refractivity contribution in [3.8, 4) is 5.75 Å². The van der Waals surface area contributed by atoms with E-state index in [4.69, 9.17) is 4.74 Å². The van der Waals surface area contributed by atoms with Gasteiger partial charge in [0.25, 0.3) is 0 Å². The number of carbonyl (C=O) groups is 2. The quantitative estimate of drug-likeness (QED) is 0.743. The van der Waals surface area contributed by atoms with Gasteiger partial charge in [0, 0.05) is 32.1 Å². The van der Waals surface area contributed by atoms with Gasteiger partial charge in [0.2, 0.25) is 5.91 Å². The maximum absolute atomic E-state index is 13.2. The third-order valence-electron chi connectivity index (χ3n) is 6.19. The summed E-state index contributed by atoms with van der Waals surface area (Å²) in [6, 6.07) is 7.75. The summed E-state index contributed by atoms with van der Waals surface area (Å²) in [5.41, 5.74) is 0.841. The fourth-order valence-corrected chi connectivity index (χ4v) is 4.61. The second kappa shape index (κ2) is 8.41. The Morgan fingerprint density at radius 3 is 2.32 bits per heavy atom. The van der Waals surface area contributed by atoms with Gasteiger partial charge >= 0.3 is 6.03 Å². The number of carbonyl (C=O) groups excluding carboxylic acids is 2. The van der Waals surface area contributed by atoms with Crippen LogP contribution in [0.2, 0.25) is 0 Å². The Hall–Kier alpha value is -2.24. The van der Waals surface area contributed by atoms with Gasteiger partial charge in [0.1, 0.15) is 11.9 Å². The van der Waals surface area contributed by atoms with Crippen LogP contribution >= 0.6 is 0 Å². The Bertz CT molecular complexity index is 707. The number of hydrogen-bond acceptors (Lipinski definition) is 3. The van der Waals surface area contributed by atoms with Gasteiger partial charge in [-0.2, -0.15) is 0 Å². The lowest BCUT2D eigenvalue weighted by Gasteiger charge is -2.39. The number of amides is 3. The van der Waals surface area contributed by atoms with Gasteiger partial charge in [-0.1, -0.05) is 25.0 Å². The highest BCUT2D eigenvalue weighted by Crippen LogP contribution is 2.34. The van der Waals surface area contributed by atoms with E-state index in [0.29, 0.717) is 25.5 Å². The minimum Gasteiger partial charge on any atom is -0.487 e. The first-order valence-electron chi connectivity index (χ1n) is 10.7. The van der Waals surface area contributed by atoms with Gasteiger partial charge in [0.05, 0.1) is 12.2 Å². The molecule has 3 heterocycles. The Labute approximate surface area is 167 Å². The van der Waals surface area contributed by atoms with E-state index in [1.807, 2.05) is 41.0 Å². The van der Waals surface area contributed by atoms with E-state index >= 15 is 0 Å². The molecule has 0 radical (unpaired) electrons. The predicted molar refractivity (Wildman–Crippen MR) is 109 cm³/mol. The van der Waals surface area contributed by atoms with Crippen LogP contribution in [0.3, 0.4) is 0 Å². The number of piperidine rings is 1. The first-order chi connectivity index (χ1) is 13.6. The molecule has 3 aliphatic rings. The smallest absolute Gasteiger partial charge is 0.324 e. The number of nitrogens with zero attached hydrogens (tertiary/aromatic N) is 3. The van der Waals surface area contributed by atoms with E-state index < -0.39 is 0 Å². The van der Waals surface area contributed by atoms with E-state index in [1.54, 1.807) is 0 Å². The van der Waals surface area contributed by atoms with E-state index in [2.05, 4.69) is 4.90 Å². The fourth-order valence-electron chi connectivity index (χ4n) is 4.61. The highest BCUT2D eigenvalue weighted by atomic mass is 16.5. The molecule has 0 saturated carbocycles. The number of para-hydroxylation sites is 2. The summed E-state index contributed by atoms with van der Waals surface area (Å²) < 4.78 is 5.86. The Balaban J connectivity index is 1.37. The number of rotatable bonds is 1. The van der Waals surface area contributed by atoms with Crippen LogP contribution in [0.5, 0.6) is 5.75 Å². The monoisotopic (exact) mass is 385 g/mol. The van der Waals surface area contributed by atoms with Crippen LogP contribution in [-0.4, -0.2) is 60.6 Å². The van der Waals surface area contributed by atoms with E-state index in [0.717, 1.165) is 50.2 Å². The summed E-state index contributed by atoms with van der Waals surface area (Å²) in [6.45, 7) is 5.65. The van der Waals surface area contributed by atoms with Gasteiger partial charge < -0.3 is 14.5 Å². The molecule has 6 nitrogen and oxygen atoms in total. The number of urea groups is 1. The highest BCUT2D eigenvalue weighted by Gasteiger charge is 2.34. The minimum absolute atomic E-state index is 0.0268. The number of fused-ring (bicyclic) bond motifs is 1. The van der Waals surface area contributed by atoms with E-state index in [-0.39, 0.29) is 18.1 Å². The van der Waals surface area contributed by atoms with Crippen molar-refractivity contribution in [2.24, 2.45) is 5.92 Å². The Morgan fingerprint density at radius 1 is 0.929 bits per heavy atom. The van der Waals surface area contributed by atoms with Crippen LogP contribution in [0.25, 0.3) is 0 Å². The van der Waals surface area contributed by atoms with Crippen LogP contribution < -0.4 is 9.64 Å². The zero-order valence-electron chi connectivity index (χ0n) is 16.8. The molecule has 6 heteroatoms. The lowest BCUT2D eigenvalue weighted by Crippen LogP contribution is -2.52. The first-order valence-corrected chi connectivity index (χ1v) is 10.7. The van der Waals surface area contributed by atoms with Crippen molar-refractivity contribution in [3.63, 3.8) is 0 Å². The molecule has 0 N–H and O–H groups in total. The molecule has 1 atom stereocenters. The molecule has 0 aliphatic carbocycles. The number of hydrogen-bond donors (Lipinski definition) is 0. The van der Waals surface area contributed by atoms with Gasteiger partial charge in [-0.3, -0.25) is 9.69 Å². The second-order valence-electron chi connectivity index (χ2n) is 8.29. The zero-order valence-corrected chi connectivity index (χ0v) is 16.8. The number of likely N-dealkylation sites (tertiary alicyclic amines) is 2. The molecule has 1 aromatic rings. The molecule has 0 aromatic heterocycles. The lowest BCUT2D eigenvalue weighted by atomic mass is 9.95. The van der Waals surface area contributed by atoms with Crippen molar-refractivity contribution >= 4 is 17.6 Å². The molecule has 3 amide bonds. The van der Waals surface area contributed by atoms with Gasteiger partial charge in [-0.25, -0.2) is 4.79 Å². The highest BCUT2D eigenvalue weighted by molar-refractivity contribution is 5.94. The van der Waals surface area contributed by atoms with Crippen LogP contribution in [0.15, 0.2) is 24.3 Å². The van der Waals surface area contributed by atoms with Gasteiger partial charge in [-0.15, -0.1) is 0 Å². The lowest BCUT2D eigenvalue weighted by molar-refractivity contribution is -0.136. The molecule has 28 heavy (non-hydrogen) atoms. The topological polar surface area (TPSA) is 53.1 Å². The van der Waals surface area contributed by atoms with Crippen molar-refractivity contribution in [2.75, 3.05) is 37.6 Å². The Morgan fingerprint density at radius 2 is 1.61 bits per heavy atom. The molecule has 0 spiro atoms. The molecule has 1 unspecified atom stereocenters. The SMILES string of the molecule is CC1CN(C(=O)N2CCC(C(=O)N3CCCCCC3)CC2)c2ccccc2O1. The number of anilines is 1. The first kappa shape index (κ1) is 19.1. The van der Waals surface area contributed by atoms with E-state index in [1.165, 1.54) is 12.8 Å². The maximum Gasteiger partial charge on any atom is 0.324 e. The standard InChI is InChI=1S/C22H31N3O3/c1-17-16-25(19-8-4-5-9-20(19)28-17)22(27)24-14-10-18(11-15-24)21(26)23-12-6-2-3-7-13-23/h4-5,8-9,17-18H,2-3,6-7,10-16H2,1H3. The third-order valence-corrected chi connectivity index (χ3v) is 6.19. The second-order valence-corrected chi connectivity index (χ2v) is 8.29. The number of benzene rings is 1. The predicted octanol–water partition coefficient (Wildman–Crippen LogP) is 3.51. The molecular weight excluding hydrogens is 354 g/mol. The average Bonchev–Trinajstić information content (AvgIpc) is 3.02. The number of ether oxygens (including phenoxy) is 1. The summed E-state index contributed by atoms with van der Waals surface area (Å²) in [7, 11) is 0. The molecule has 2 fully saturated rings. The molecule has 4 rings (SSSR count). The average molecular weight is 386 g/mol. The molecule has 0 bridgehead atoms. The van der Waals surface area contributed by atoms with Crippen molar-refractivity contribution in [1.29, 1.82) is 0 Å². The van der Waals surface area contributed by atoms with Gasteiger partial charge in [-0.05, 0) is 44.7 Å². The molecule has 3 aliphatic heterocycles. The maximum atomic E-state index is 13.2. The molecule has 2 saturated heterocycles. The van der Waals surface area contributed by atoms with Crippen LogP contribution in [0, 0.1) is 5.92 Å². The fraction of sp³-hybridized carbons (Fsp3) is 0.636. The molecular formula is C22H31N3O3. The third kappa shape index (κ3) is 3.96. The minimum atomic E-state index is -0.0268. The van der Waals surface area contributed by atoms with E-state index in [9.17, 15) is 9.59 Å². The summed E-state index contributed by atoms with van der Waals surface area (Å²) in [4.78, 5) is 31.9. The summed E-state index contributed by atoms with van der Waals surface area (Å²) >= 11 is 0. The summed E-state index contributed by atoms with van der Waals surface area (Å²) in [5.74, 6) is 1.14. The van der Waals surface area contributed by atoms with Crippen molar-refractivity contribution in [2.45, 2.75) is 51.6 Å². The molecule has 152 valence electrons.